The summed E-state index contributed by atoms with van der Waals surface area (Å²) >= 11 is 0. The van der Waals surface area contributed by atoms with Gasteiger partial charge in [-0.25, -0.2) is 0 Å². The van der Waals surface area contributed by atoms with Gasteiger partial charge in [0, 0.05) is 24.5 Å². The topological polar surface area (TPSA) is 105 Å². The zero-order valence-electron chi connectivity index (χ0n) is 11.0. The number of carbonyl (C=O) groups excluding carboxylic acids is 1. The smallest absolute Gasteiger partial charge is 0.225 e. The largest absolute Gasteiger partial charge is 0.343 e. The maximum absolute atomic E-state index is 11.8. The normalized spacial score (nSPS) is 11.2. The Balaban J connectivity index is 4.00. The summed E-state index contributed by atoms with van der Waals surface area (Å²) in [5.74, 6) is -0.0194. The van der Waals surface area contributed by atoms with Gasteiger partial charge in [-0.15, -0.1) is 0 Å². The fourth-order valence-corrected chi connectivity index (χ4v) is 1.51. The predicted molar refractivity (Wildman–Crippen MR) is 68.6 cm³/mol. The quantitative estimate of drug-likeness (QED) is 0.290. The molecule has 7 heteroatoms. The molecule has 0 fully saturated rings. The Morgan fingerprint density at radius 2 is 2.22 bits per heavy atom. The number of rotatable bonds is 9. The van der Waals surface area contributed by atoms with Crippen LogP contribution in [0, 0.1) is 11.3 Å². The first-order valence-corrected chi connectivity index (χ1v) is 6.11. The molecule has 0 spiro atoms. The molecule has 0 bridgehead atoms. The minimum absolute atomic E-state index is 0.0194. The molecule has 0 rings (SSSR count). The summed E-state index contributed by atoms with van der Waals surface area (Å²) in [6.45, 7) is 6.09. The first-order chi connectivity index (χ1) is 8.69. The van der Waals surface area contributed by atoms with E-state index in [1.165, 1.54) is 0 Å². The summed E-state index contributed by atoms with van der Waals surface area (Å²) in [6.07, 6.45) is 0.835. The van der Waals surface area contributed by atoms with Gasteiger partial charge in [0.25, 0.3) is 0 Å². The second kappa shape index (κ2) is 10.4. The van der Waals surface area contributed by atoms with Crippen molar-refractivity contribution in [3.63, 3.8) is 0 Å². The van der Waals surface area contributed by atoms with E-state index in [1.54, 1.807) is 4.90 Å². The second-order valence-corrected chi connectivity index (χ2v) is 3.71. The molecule has 1 atom stereocenters. The van der Waals surface area contributed by atoms with E-state index in [2.05, 4.69) is 21.4 Å². The summed E-state index contributed by atoms with van der Waals surface area (Å²) < 4.78 is 0. The molecule has 0 aliphatic rings. The van der Waals surface area contributed by atoms with Crippen LogP contribution in [0.4, 0.5) is 0 Å². The third-order valence-corrected chi connectivity index (χ3v) is 2.54. The average Bonchev–Trinajstić information content (AvgIpc) is 2.38. The molecule has 0 radical (unpaired) electrons. The van der Waals surface area contributed by atoms with Crippen molar-refractivity contribution in [3.05, 3.63) is 10.4 Å². The Morgan fingerprint density at radius 1 is 1.56 bits per heavy atom. The van der Waals surface area contributed by atoms with Crippen LogP contribution in [0.3, 0.4) is 0 Å². The minimum Gasteiger partial charge on any atom is -0.343 e. The van der Waals surface area contributed by atoms with E-state index < -0.39 is 6.04 Å². The van der Waals surface area contributed by atoms with Gasteiger partial charge in [-0.3, -0.25) is 4.79 Å². The summed E-state index contributed by atoms with van der Waals surface area (Å²) in [4.78, 5) is 16.1. The molecule has 0 aliphatic heterocycles. The molecule has 1 amide bonds. The minimum atomic E-state index is -0.482. The molecule has 1 N–H and O–H groups in total. The van der Waals surface area contributed by atoms with Gasteiger partial charge in [0.05, 0.1) is 12.5 Å². The molecule has 100 valence electrons. The molecule has 0 aromatic rings. The highest BCUT2D eigenvalue weighted by atomic mass is 16.2. The molecule has 18 heavy (non-hydrogen) atoms. The summed E-state index contributed by atoms with van der Waals surface area (Å²) in [5, 5.41) is 15.3. The van der Waals surface area contributed by atoms with Gasteiger partial charge < -0.3 is 10.2 Å². The van der Waals surface area contributed by atoms with Crippen LogP contribution in [0.15, 0.2) is 5.11 Å². The number of carbonyl (C=O) groups is 1. The van der Waals surface area contributed by atoms with Crippen LogP contribution in [0.25, 0.3) is 10.4 Å². The summed E-state index contributed by atoms with van der Waals surface area (Å²) in [6, 6.07) is 1.58. The Hall–Kier alpha value is -1.77. The lowest BCUT2D eigenvalue weighted by molar-refractivity contribution is -0.131. The van der Waals surface area contributed by atoms with Crippen molar-refractivity contribution < 1.29 is 4.79 Å². The number of hydrogen-bond acceptors (Lipinski definition) is 4. The number of azide groups is 1. The van der Waals surface area contributed by atoms with Crippen LogP contribution in [0.2, 0.25) is 0 Å². The lowest BCUT2D eigenvalue weighted by Crippen LogP contribution is -2.38. The van der Waals surface area contributed by atoms with E-state index in [0.717, 1.165) is 0 Å². The Bertz CT molecular complexity index is 327. The lowest BCUT2D eigenvalue weighted by atomic mass is 10.2. The van der Waals surface area contributed by atoms with Crippen LogP contribution < -0.4 is 5.32 Å². The molecule has 0 aromatic carbocycles. The number of nitrogens with one attached hydrogen (secondary N) is 1. The standard InChI is InChI=1S/C11H20N6O/c1-3-17(4-2)11(18)8-10(9-12)14-6-5-7-15-16-13/h10,14H,3-8H2,1-2H3. The highest BCUT2D eigenvalue weighted by Crippen LogP contribution is 1.98. The highest BCUT2D eigenvalue weighted by molar-refractivity contribution is 5.77. The molecule has 0 aromatic heterocycles. The summed E-state index contributed by atoms with van der Waals surface area (Å²) in [5.41, 5.74) is 8.09. The third-order valence-electron chi connectivity index (χ3n) is 2.54. The molecule has 0 heterocycles. The van der Waals surface area contributed by atoms with Gasteiger partial charge in [0.2, 0.25) is 5.91 Å². The van der Waals surface area contributed by atoms with Crippen molar-refractivity contribution in [2.45, 2.75) is 32.7 Å². The maximum Gasteiger partial charge on any atom is 0.225 e. The number of nitrogens with zero attached hydrogens (tertiary/aromatic N) is 5. The van der Waals surface area contributed by atoms with E-state index in [0.29, 0.717) is 32.6 Å². The molecule has 0 saturated heterocycles. The SMILES string of the molecule is CCN(CC)C(=O)CC(C#N)NCCCN=[N+]=[N-]. The van der Waals surface area contributed by atoms with Crippen LogP contribution >= 0.6 is 0 Å². The van der Waals surface area contributed by atoms with Crippen LogP contribution in [0.1, 0.15) is 26.7 Å². The van der Waals surface area contributed by atoms with Crippen LogP contribution in [-0.4, -0.2) is 43.0 Å². The zero-order valence-corrected chi connectivity index (χ0v) is 11.0. The van der Waals surface area contributed by atoms with Gasteiger partial charge in [0.1, 0.15) is 6.04 Å². The Morgan fingerprint density at radius 3 is 2.72 bits per heavy atom. The monoisotopic (exact) mass is 252 g/mol. The molecule has 0 saturated carbocycles. The maximum atomic E-state index is 11.8. The fraction of sp³-hybridized carbons (Fsp3) is 0.818. The van der Waals surface area contributed by atoms with Crippen molar-refractivity contribution in [1.82, 2.24) is 10.2 Å². The Kier molecular flexibility index (Phi) is 9.37. The van der Waals surface area contributed by atoms with Gasteiger partial charge in [-0.2, -0.15) is 5.26 Å². The number of amides is 1. The van der Waals surface area contributed by atoms with E-state index in [9.17, 15) is 4.79 Å². The first-order valence-electron chi connectivity index (χ1n) is 6.11. The molecular formula is C11H20N6O. The highest BCUT2D eigenvalue weighted by Gasteiger charge is 2.16. The number of hydrogen-bond donors (Lipinski definition) is 1. The van der Waals surface area contributed by atoms with Crippen molar-refractivity contribution in [1.29, 1.82) is 5.26 Å². The second-order valence-electron chi connectivity index (χ2n) is 3.71. The average molecular weight is 252 g/mol. The van der Waals surface area contributed by atoms with Crippen LogP contribution in [-0.2, 0) is 4.79 Å². The molecule has 0 aliphatic carbocycles. The van der Waals surface area contributed by atoms with Gasteiger partial charge in [0.15, 0.2) is 0 Å². The van der Waals surface area contributed by atoms with E-state index in [4.69, 9.17) is 10.8 Å². The fourth-order valence-electron chi connectivity index (χ4n) is 1.51. The Labute approximate surface area is 107 Å². The van der Waals surface area contributed by atoms with Crippen molar-refractivity contribution in [2.75, 3.05) is 26.2 Å². The summed E-state index contributed by atoms with van der Waals surface area (Å²) in [7, 11) is 0. The molecular weight excluding hydrogens is 232 g/mol. The first kappa shape index (κ1) is 16.2. The van der Waals surface area contributed by atoms with E-state index in [-0.39, 0.29) is 12.3 Å². The number of nitriles is 1. The van der Waals surface area contributed by atoms with Crippen LogP contribution in [0.5, 0.6) is 0 Å². The van der Waals surface area contributed by atoms with Gasteiger partial charge >= 0.3 is 0 Å². The predicted octanol–water partition coefficient (Wildman–Crippen LogP) is 1.43. The zero-order chi connectivity index (χ0) is 13.8. The van der Waals surface area contributed by atoms with E-state index in [1.807, 2.05) is 13.8 Å². The third kappa shape index (κ3) is 6.74. The van der Waals surface area contributed by atoms with Crippen molar-refractivity contribution >= 4 is 5.91 Å². The lowest BCUT2D eigenvalue weighted by Gasteiger charge is -2.20. The van der Waals surface area contributed by atoms with E-state index >= 15 is 0 Å². The van der Waals surface area contributed by atoms with Gasteiger partial charge in [-0.1, -0.05) is 5.11 Å². The van der Waals surface area contributed by atoms with Gasteiger partial charge in [-0.05, 0) is 32.3 Å². The molecule has 1 unspecified atom stereocenters. The molecule has 7 nitrogen and oxygen atoms in total. The van der Waals surface area contributed by atoms with Crippen molar-refractivity contribution in [2.24, 2.45) is 5.11 Å². The van der Waals surface area contributed by atoms with Crippen molar-refractivity contribution in [3.8, 4) is 6.07 Å².